The number of hydrogen-bond donors (Lipinski definition) is 0. The zero-order valence-corrected chi connectivity index (χ0v) is 18.7. The lowest BCUT2D eigenvalue weighted by molar-refractivity contribution is 0.0216. The zero-order valence-electron chi connectivity index (χ0n) is 18.0. The van der Waals surface area contributed by atoms with Gasteiger partial charge in [-0.1, -0.05) is 23.7 Å². The number of aromatic nitrogens is 1. The second kappa shape index (κ2) is 8.04. The average Bonchev–Trinajstić information content (AvgIpc) is 3.10. The molecule has 0 N–H and O–H groups in total. The van der Waals surface area contributed by atoms with Crippen LogP contribution in [0.3, 0.4) is 0 Å². The topological polar surface area (TPSA) is 58.8 Å². The van der Waals surface area contributed by atoms with E-state index in [1.54, 1.807) is 29.2 Å². The Labute approximate surface area is 185 Å². The van der Waals surface area contributed by atoms with Gasteiger partial charge in [-0.05, 0) is 57.5 Å². The van der Waals surface area contributed by atoms with Gasteiger partial charge in [0.1, 0.15) is 16.9 Å². The normalized spacial score (nSPS) is 17.3. The molecule has 0 bridgehead atoms. The number of carbonyl (C=O) groups excluding carboxylic acids is 1. The quantitative estimate of drug-likeness (QED) is 0.504. The molecule has 1 amide bonds. The van der Waals surface area contributed by atoms with Gasteiger partial charge in [0.25, 0.3) is 6.01 Å². The van der Waals surface area contributed by atoms with Crippen LogP contribution >= 0.6 is 11.6 Å². The molecule has 0 aliphatic carbocycles. The summed E-state index contributed by atoms with van der Waals surface area (Å²) in [6, 6.07) is 10.2. The van der Waals surface area contributed by atoms with Gasteiger partial charge in [-0.3, -0.25) is 0 Å². The van der Waals surface area contributed by atoms with Gasteiger partial charge in [0.15, 0.2) is 5.58 Å². The molecule has 1 aliphatic rings. The fraction of sp³-hybridized carbons (Fsp3) is 0.391. The van der Waals surface area contributed by atoms with E-state index in [2.05, 4.69) is 4.98 Å². The van der Waals surface area contributed by atoms with E-state index in [0.717, 1.165) is 11.1 Å². The van der Waals surface area contributed by atoms with Gasteiger partial charge in [-0.25, -0.2) is 9.18 Å². The van der Waals surface area contributed by atoms with Crippen molar-refractivity contribution in [1.82, 2.24) is 9.88 Å². The van der Waals surface area contributed by atoms with Crippen LogP contribution in [0.4, 0.5) is 15.2 Å². The Hall–Kier alpha value is -2.80. The number of amides is 1. The number of benzene rings is 2. The molecule has 2 aromatic carbocycles. The Kier molecular flexibility index (Phi) is 5.56. The third-order valence-corrected chi connectivity index (χ3v) is 5.34. The Morgan fingerprint density at radius 3 is 2.58 bits per heavy atom. The highest BCUT2D eigenvalue weighted by Gasteiger charge is 2.32. The molecule has 0 spiro atoms. The van der Waals surface area contributed by atoms with Crippen molar-refractivity contribution in [2.45, 2.75) is 39.3 Å². The Balaban J connectivity index is 1.60. The number of anilines is 1. The number of ether oxygens (including phenoxy) is 1. The summed E-state index contributed by atoms with van der Waals surface area (Å²) >= 11 is 6.31. The molecule has 1 fully saturated rings. The van der Waals surface area contributed by atoms with Crippen molar-refractivity contribution >= 4 is 34.8 Å². The van der Waals surface area contributed by atoms with Crippen LogP contribution in [0.2, 0.25) is 5.02 Å². The summed E-state index contributed by atoms with van der Waals surface area (Å²) in [5, 5.41) is 0.523. The summed E-state index contributed by atoms with van der Waals surface area (Å²) in [5.74, 6) is -0.308. The molecule has 1 aromatic heterocycles. The van der Waals surface area contributed by atoms with Gasteiger partial charge < -0.3 is 19.0 Å². The summed E-state index contributed by atoms with van der Waals surface area (Å²) in [4.78, 5) is 20.8. The Morgan fingerprint density at radius 2 is 1.94 bits per heavy atom. The van der Waals surface area contributed by atoms with Crippen molar-refractivity contribution < 1.29 is 18.3 Å². The molecule has 0 radical (unpaired) electrons. The Morgan fingerprint density at radius 1 is 1.23 bits per heavy atom. The number of fused-ring (bicyclic) bond motifs is 1. The van der Waals surface area contributed by atoms with Gasteiger partial charge in [0.2, 0.25) is 0 Å². The van der Waals surface area contributed by atoms with Crippen molar-refractivity contribution in [3.63, 3.8) is 0 Å². The summed E-state index contributed by atoms with van der Waals surface area (Å²) < 4.78 is 25.0. The van der Waals surface area contributed by atoms with Crippen LogP contribution in [0, 0.1) is 5.82 Å². The number of halogens is 2. The lowest BCUT2D eigenvalue weighted by Crippen LogP contribution is -2.54. The molecule has 0 saturated carbocycles. The smallest absolute Gasteiger partial charge is 0.410 e. The van der Waals surface area contributed by atoms with Crippen molar-refractivity contribution in [1.29, 1.82) is 0 Å². The number of rotatable bonds is 2. The minimum Gasteiger partial charge on any atom is -0.444 e. The first-order chi connectivity index (χ1) is 14.6. The highest BCUT2D eigenvalue weighted by atomic mass is 35.5. The number of piperazine rings is 1. The summed E-state index contributed by atoms with van der Waals surface area (Å²) in [6.07, 6.45) is -0.318. The van der Waals surface area contributed by atoms with Gasteiger partial charge in [0, 0.05) is 36.3 Å². The standard InChI is InChI=1S/C23H25ClFN3O3/c1-14-13-27(22(29)31-23(2,3)4)9-10-28(14)21-26-19-12-16(24)11-18(20(19)30-21)15-5-7-17(25)8-6-15/h5-8,11-12,14H,9-10,13H2,1-4H3. The average molecular weight is 446 g/mol. The fourth-order valence-electron chi connectivity index (χ4n) is 3.69. The molecule has 1 unspecified atom stereocenters. The number of nitrogens with zero attached hydrogens (tertiary/aromatic N) is 3. The van der Waals surface area contributed by atoms with E-state index < -0.39 is 5.60 Å². The zero-order chi connectivity index (χ0) is 22.3. The van der Waals surface area contributed by atoms with Crippen molar-refractivity contribution in [2.75, 3.05) is 24.5 Å². The molecule has 2 heterocycles. The van der Waals surface area contributed by atoms with Crippen LogP contribution in [-0.2, 0) is 4.74 Å². The molecule has 1 atom stereocenters. The van der Waals surface area contributed by atoms with E-state index in [-0.39, 0.29) is 18.0 Å². The maximum absolute atomic E-state index is 13.4. The lowest BCUT2D eigenvalue weighted by atomic mass is 10.0. The highest BCUT2D eigenvalue weighted by molar-refractivity contribution is 6.31. The molecule has 4 rings (SSSR count). The Bertz CT molecular complexity index is 1110. The number of oxazole rings is 1. The molecule has 164 valence electrons. The van der Waals surface area contributed by atoms with Gasteiger partial charge >= 0.3 is 6.09 Å². The second-order valence-electron chi connectivity index (χ2n) is 8.77. The fourth-order valence-corrected chi connectivity index (χ4v) is 3.90. The maximum Gasteiger partial charge on any atom is 0.410 e. The van der Waals surface area contributed by atoms with Crippen molar-refractivity contribution in [3.8, 4) is 11.1 Å². The molecule has 1 saturated heterocycles. The van der Waals surface area contributed by atoms with Crippen LogP contribution in [0.1, 0.15) is 27.7 Å². The van der Waals surface area contributed by atoms with Crippen LogP contribution < -0.4 is 4.90 Å². The van der Waals surface area contributed by atoms with Crippen LogP contribution in [0.25, 0.3) is 22.2 Å². The van der Waals surface area contributed by atoms with Crippen LogP contribution in [-0.4, -0.2) is 47.3 Å². The minimum absolute atomic E-state index is 0.0147. The molecule has 1 aliphatic heterocycles. The van der Waals surface area contributed by atoms with Crippen LogP contribution in [0.15, 0.2) is 40.8 Å². The predicted octanol–water partition coefficient (Wildman–Crippen LogP) is 5.73. The minimum atomic E-state index is -0.534. The van der Waals surface area contributed by atoms with Crippen molar-refractivity contribution in [2.24, 2.45) is 0 Å². The van der Waals surface area contributed by atoms with E-state index in [4.69, 9.17) is 20.8 Å². The number of hydrogen-bond acceptors (Lipinski definition) is 5. The van der Waals surface area contributed by atoms with Crippen LogP contribution in [0.5, 0.6) is 0 Å². The summed E-state index contributed by atoms with van der Waals surface area (Å²) in [5.41, 5.74) is 2.23. The molecular formula is C23H25ClFN3O3. The monoisotopic (exact) mass is 445 g/mol. The first kappa shape index (κ1) is 21.4. The van der Waals surface area contributed by atoms with E-state index in [1.807, 2.05) is 32.6 Å². The largest absolute Gasteiger partial charge is 0.444 e. The third-order valence-electron chi connectivity index (χ3n) is 5.12. The van der Waals surface area contributed by atoms with E-state index >= 15 is 0 Å². The van der Waals surface area contributed by atoms with Gasteiger partial charge in [-0.2, -0.15) is 4.98 Å². The summed E-state index contributed by atoms with van der Waals surface area (Å²) in [7, 11) is 0. The molecule has 3 aromatic rings. The maximum atomic E-state index is 13.4. The van der Waals surface area contributed by atoms with E-state index in [1.165, 1.54) is 12.1 Å². The van der Waals surface area contributed by atoms with E-state index in [9.17, 15) is 9.18 Å². The molecule has 8 heteroatoms. The third kappa shape index (κ3) is 4.61. The van der Waals surface area contributed by atoms with Crippen molar-refractivity contribution in [3.05, 3.63) is 47.2 Å². The SMILES string of the molecule is CC1CN(C(=O)OC(C)(C)C)CCN1c1nc2cc(Cl)cc(-c3ccc(F)cc3)c2o1. The first-order valence-corrected chi connectivity index (χ1v) is 10.6. The van der Waals surface area contributed by atoms with Gasteiger partial charge in [-0.15, -0.1) is 0 Å². The molecular weight excluding hydrogens is 421 g/mol. The first-order valence-electron chi connectivity index (χ1n) is 10.2. The highest BCUT2D eigenvalue weighted by Crippen LogP contribution is 2.35. The molecule has 6 nitrogen and oxygen atoms in total. The predicted molar refractivity (Wildman–Crippen MR) is 119 cm³/mol. The second-order valence-corrected chi connectivity index (χ2v) is 9.21. The van der Waals surface area contributed by atoms with Gasteiger partial charge in [0.05, 0.1) is 0 Å². The lowest BCUT2D eigenvalue weighted by Gasteiger charge is -2.39. The molecule has 31 heavy (non-hydrogen) atoms. The van der Waals surface area contributed by atoms with E-state index in [0.29, 0.717) is 41.8 Å². The summed E-state index contributed by atoms with van der Waals surface area (Å²) in [6.45, 7) is 9.14. The number of carbonyl (C=O) groups is 1.